The molecule has 11 heteroatoms. The van der Waals surface area contributed by atoms with Gasteiger partial charge in [0.05, 0.1) is 5.75 Å². The molecular weight excluding hydrogens is 470 g/mol. The molecule has 0 atom stereocenters. The monoisotopic (exact) mass is 499 g/mol. The highest BCUT2D eigenvalue weighted by atomic mass is 32.2. The van der Waals surface area contributed by atoms with Crippen molar-refractivity contribution < 1.29 is 14.3 Å². The predicted octanol–water partition coefficient (Wildman–Crippen LogP) is 1.55. The second kappa shape index (κ2) is 9.73. The van der Waals surface area contributed by atoms with Gasteiger partial charge in [0.15, 0.2) is 17.1 Å². The number of hydrogen-bond acceptors (Lipinski definition) is 8. The number of nitrogens with zero attached hydrogens (tertiary/aromatic N) is 4. The number of aryl methyl sites for hydroxylation is 1. The number of rotatable bonds is 6. The van der Waals surface area contributed by atoms with E-state index < -0.39 is 16.7 Å². The van der Waals surface area contributed by atoms with Gasteiger partial charge in [0, 0.05) is 26.1 Å². The number of fused-ring (bicyclic) bond motifs is 2. The number of aromatic nitrogens is 4. The molecule has 1 aromatic carbocycles. The van der Waals surface area contributed by atoms with Crippen LogP contribution in [0.1, 0.15) is 32.2 Å². The van der Waals surface area contributed by atoms with Crippen LogP contribution in [0, 0.1) is 0 Å². The lowest BCUT2D eigenvalue weighted by Crippen LogP contribution is -2.38. The molecule has 0 unspecified atom stereocenters. The molecule has 3 heterocycles. The fraction of sp³-hybridized carbons (Fsp3) is 0.458. The molecule has 4 rings (SSSR count). The molecule has 0 saturated carbocycles. The van der Waals surface area contributed by atoms with Gasteiger partial charge in [0.25, 0.3) is 5.56 Å². The largest absolute Gasteiger partial charge is 0.486 e. The van der Waals surface area contributed by atoms with E-state index in [2.05, 4.69) is 15.3 Å². The van der Waals surface area contributed by atoms with Crippen LogP contribution < -0.4 is 26.0 Å². The first-order valence-corrected chi connectivity index (χ1v) is 12.3. The van der Waals surface area contributed by atoms with Crippen molar-refractivity contribution in [2.45, 2.75) is 37.6 Å². The summed E-state index contributed by atoms with van der Waals surface area (Å²) in [6.07, 6.45) is 0.639. The maximum Gasteiger partial charge on any atom is 0.332 e. The topological polar surface area (TPSA) is 117 Å². The second-order valence-electron chi connectivity index (χ2n) is 9.37. The van der Waals surface area contributed by atoms with Crippen molar-refractivity contribution in [3.8, 4) is 11.5 Å². The Morgan fingerprint density at radius 3 is 2.51 bits per heavy atom. The van der Waals surface area contributed by atoms with Crippen molar-refractivity contribution >= 4 is 28.7 Å². The van der Waals surface area contributed by atoms with Gasteiger partial charge in [-0.1, -0.05) is 38.6 Å². The minimum atomic E-state index is -0.481. The number of hydrogen-bond donors (Lipinski definition) is 1. The van der Waals surface area contributed by atoms with Crippen LogP contribution in [0.25, 0.3) is 11.0 Å². The molecule has 0 saturated heterocycles. The third-order valence-electron chi connectivity index (χ3n) is 5.62. The van der Waals surface area contributed by atoms with E-state index in [0.29, 0.717) is 37.0 Å². The third kappa shape index (κ3) is 5.19. The minimum Gasteiger partial charge on any atom is -0.486 e. The summed E-state index contributed by atoms with van der Waals surface area (Å²) in [4.78, 5) is 47.0. The number of benzene rings is 1. The Bertz CT molecular complexity index is 1410. The van der Waals surface area contributed by atoms with Crippen LogP contribution in [0.5, 0.6) is 11.5 Å². The molecule has 186 valence electrons. The normalized spacial score (nSPS) is 13.2. The van der Waals surface area contributed by atoms with E-state index in [4.69, 9.17) is 9.47 Å². The Labute approximate surface area is 206 Å². The first-order chi connectivity index (χ1) is 16.6. The zero-order chi connectivity index (χ0) is 25.3. The van der Waals surface area contributed by atoms with Gasteiger partial charge in [-0.3, -0.25) is 18.7 Å². The zero-order valence-corrected chi connectivity index (χ0v) is 21.3. The van der Waals surface area contributed by atoms with Crippen LogP contribution >= 0.6 is 11.8 Å². The molecule has 0 aliphatic carbocycles. The van der Waals surface area contributed by atoms with Gasteiger partial charge in [-0.2, -0.15) is 0 Å². The first kappa shape index (κ1) is 24.8. The van der Waals surface area contributed by atoms with Gasteiger partial charge in [-0.05, 0) is 24.1 Å². The van der Waals surface area contributed by atoms with E-state index in [0.717, 1.165) is 33.4 Å². The zero-order valence-electron chi connectivity index (χ0n) is 20.5. The predicted molar refractivity (Wildman–Crippen MR) is 134 cm³/mol. The molecular formula is C24H29N5O5S. The fourth-order valence-electron chi connectivity index (χ4n) is 3.64. The summed E-state index contributed by atoms with van der Waals surface area (Å²) in [5, 5.41) is 3.53. The quantitative estimate of drug-likeness (QED) is 0.401. The van der Waals surface area contributed by atoms with Gasteiger partial charge in [0.2, 0.25) is 5.91 Å². The molecule has 0 fully saturated rings. The maximum absolute atomic E-state index is 12.9. The van der Waals surface area contributed by atoms with Crippen LogP contribution in [-0.2, 0) is 30.7 Å². The van der Waals surface area contributed by atoms with E-state index in [1.54, 1.807) is 7.05 Å². The number of carbonyl (C=O) groups is 1. The van der Waals surface area contributed by atoms with E-state index >= 15 is 0 Å². The molecule has 0 radical (unpaired) electrons. The molecule has 1 N–H and O–H groups in total. The van der Waals surface area contributed by atoms with Crippen molar-refractivity contribution in [3.05, 3.63) is 50.4 Å². The second-order valence-corrected chi connectivity index (χ2v) is 10.3. The van der Waals surface area contributed by atoms with Crippen LogP contribution in [0.4, 0.5) is 0 Å². The van der Waals surface area contributed by atoms with E-state index in [-0.39, 0.29) is 22.7 Å². The van der Waals surface area contributed by atoms with E-state index in [9.17, 15) is 14.4 Å². The lowest BCUT2D eigenvalue weighted by molar-refractivity contribution is -0.118. The summed E-state index contributed by atoms with van der Waals surface area (Å²) in [6, 6.07) is 5.76. The first-order valence-electron chi connectivity index (χ1n) is 11.3. The van der Waals surface area contributed by atoms with Crippen molar-refractivity contribution in [1.82, 2.24) is 24.4 Å². The van der Waals surface area contributed by atoms with Crippen LogP contribution in [0.3, 0.4) is 0 Å². The summed E-state index contributed by atoms with van der Waals surface area (Å²) in [7, 11) is 2.99. The van der Waals surface area contributed by atoms with Gasteiger partial charge in [-0.25, -0.2) is 14.8 Å². The van der Waals surface area contributed by atoms with Gasteiger partial charge < -0.3 is 14.8 Å². The van der Waals surface area contributed by atoms with E-state index in [1.807, 2.05) is 39.0 Å². The van der Waals surface area contributed by atoms with Crippen LogP contribution in [0.2, 0.25) is 0 Å². The summed E-state index contributed by atoms with van der Waals surface area (Å²) < 4.78 is 13.5. The third-order valence-corrected chi connectivity index (χ3v) is 6.60. The molecule has 0 bridgehead atoms. The highest BCUT2D eigenvalue weighted by molar-refractivity contribution is 8.00. The summed E-state index contributed by atoms with van der Waals surface area (Å²) in [5.74, 6) is 1.84. The average Bonchev–Trinajstić information content (AvgIpc) is 2.83. The molecule has 3 aromatic rings. The Hall–Kier alpha value is -3.34. The maximum atomic E-state index is 12.9. The average molecular weight is 500 g/mol. The lowest BCUT2D eigenvalue weighted by Gasteiger charge is -2.19. The van der Waals surface area contributed by atoms with Crippen LogP contribution in [-0.4, -0.2) is 50.5 Å². The number of carbonyl (C=O) groups excluding carboxylic acids is 1. The van der Waals surface area contributed by atoms with Crippen LogP contribution in [0.15, 0.2) is 32.8 Å². The Morgan fingerprint density at radius 2 is 1.80 bits per heavy atom. The number of amides is 1. The van der Waals surface area contributed by atoms with Gasteiger partial charge in [0.1, 0.15) is 29.5 Å². The lowest BCUT2D eigenvalue weighted by atomic mass is 9.96. The molecule has 10 nitrogen and oxygen atoms in total. The minimum absolute atomic E-state index is 0.0723. The standard InChI is InChI=1S/C24H29N5O5S/c1-24(2,3)22-26-19-18(21(31)29(5)23(32)28(19)4)20(27-22)35-13-17(30)25-9-8-14-6-7-15-16(12-14)34-11-10-33-15/h6-7,12H,8-11,13H2,1-5H3,(H,25,30). The van der Waals surface area contributed by atoms with Gasteiger partial charge >= 0.3 is 5.69 Å². The van der Waals surface area contributed by atoms with Crippen molar-refractivity contribution in [2.24, 2.45) is 14.1 Å². The van der Waals surface area contributed by atoms with E-state index in [1.165, 1.54) is 11.6 Å². The van der Waals surface area contributed by atoms with Gasteiger partial charge in [-0.15, -0.1) is 0 Å². The molecule has 0 spiro atoms. The highest BCUT2D eigenvalue weighted by Gasteiger charge is 2.24. The van der Waals surface area contributed by atoms with Crippen molar-refractivity contribution in [1.29, 1.82) is 0 Å². The summed E-state index contributed by atoms with van der Waals surface area (Å²) in [6.45, 7) is 7.37. The molecule has 35 heavy (non-hydrogen) atoms. The Morgan fingerprint density at radius 1 is 1.09 bits per heavy atom. The Balaban J connectivity index is 1.48. The fourth-order valence-corrected chi connectivity index (χ4v) is 4.49. The Kier molecular flexibility index (Phi) is 6.88. The van der Waals surface area contributed by atoms with Crippen molar-refractivity contribution in [2.75, 3.05) is 25.5 Å². The number of thioether (sulfide) groups is 1. The van der Waals surface area contributed by atoms with Crippen molar-refractivity contribution in [3.63, 3.8) is 0 Å². The number of nitrogens with one attached hydrogen (secondary N) is 1. The highest BCUT2D eigenvalue weighted by Crippen LogP contribution is 2.31. The number of ether oxygens (including phenoxy) is 2. The summed E-state index contributed by atoms with van der Waals surface area (Å²) >= 11 is 1.16. The molecule has 1 amide bonds. The smallest absolute Gasteiger partial charge is 0.332 e. The molecule has 1 aliphatic heterocycles. The summed E-state index contributed by atoms with van der Waals surface area (Å²) in [5.41, 5.74) is -0.0614. The SMILES string of the molecule is Cn1c(=O)c2c(SCC(=O)NCCc3ccc4c(c3)OCCO4)nc(C(C)(C)C)nc2n(C)c1=O. The molecule has 1 aliphatic rings. The molecule has 2 aromatic heterocycles.